The molecule has 1 saturated carbocycles. The Morgan fingerprint density at radius 3 is 2.58 bits per heavy atom. The molecule has 5 nitrogen and oxygen atoms in total. The molecule has 1 fully saturated rings. The fourth-order valence-electron chi connectivity index (χ4n) is 2.25. The normalized spacial score (nSPS) is 23.1. The Labute approximate surface area is 115 Å². The van der Waals surface area contributed by atoms with Gasteiger partial charge in [0, 0.05) is 6.07 Å². The first-order valence-electron chi connectivity index (χ1n) is 6.43. The van der Waals surface area contributed by atoms with E-state index >= 15 is 0 Å². The highest BCUT2D eigenvalue weighted by Gasteiger charge is 2.26. The van der Waals surface area contributed by atoms with Crippen molar-refractivity contribution in [2.45, 2.75) is 45.6 Å². The van der Waals surface area contributed by atoms with Crippen LogP contribution in [0.25, 0.3) is 0 Å². The van der Waals surface area contributed by atoms with Gasteiger partial charge in [-0.1, -0.05) is 18.3 Å². The molecular weight excluding hydrogens is 266 g/mol. The van der Waals surface area contributed by atoms with E-state index in [4.69, 9.17) is 4.74 Å². The lowest BCUT2D eigenvalue weighted by Gasteiger charge is -2.25. The molecule has 0 saturated heterocycles. The molecule has 1 aliphatic rings. The molecule has 104 valence electrons. The number of nitro groups is 1. The Morgan fingerprint density at radius 1 is 1.42 bits per heavy atom. The van der Waals surface area contributed by atoms with Gasteiger partial charge < -0.3 is 4.74 Å². The number of carbonyl (C=O) groups excluding carboxylic acids is 1. The summed E-state index contributed by atoms with van der Waals surface area (Å²) in [5.41, 5.74) is -0.0891. The molecule has 0 amide bonds. The number of thiophene rings is 1. The molecule has 19 heavy (non-hydrogen) atoms. The van der Waals surface area contributed by atoms with E-state index in [1.54, 1.807) is 0 Å². The fraction of sp³-hybridized carbons (Fsp3) is 0.615. The van der Waals surface area contributed by atoms with E-state index in [1.807, 2.05) is 0 Å². The first-order chi connectivity index (χ1) is 8.97. The predicted octanol–water partition coefficient (Wildman–Crippen LogP) is 3.82. The van der Waals surface area contributed by atoms with Crippen LogP contribution in [0.4, 0.5) is 5.69 Å². The van der Waals surface area contributed by atoms with Crippen molar-refractivity contribution in [3.05, 3.63) is 21.1 Å². The Bertz CT molecular complexity index is 489. The molecule has 1 heterocycles. The minimum atomic E-state index is -0.482. The summed E-state index contributed by atoms with van der Waals surface area (Å²) in [6.07, 6.45) is 4.05. The summed E-state index contributed by atoms with van der Waals surface area (Å²) < 4.78 is 5.75. The van der Waals surface area contributed by atoms with Gasteiger partial charge in [-0.05, 0) is 38.5 Å². The van der Waals surface area contributed by atoms with Crippen LogP contribution in [0.1, 0.15) is 49.2 Å². The third kappa shape index (κ3) is 3.32. The molecule has 0 radical (unpaired) electrons. The molecule has 0 atom stereocenters. The Balaban J connectivity index is 2.14. The zero-order chi connectivity index (χ0) is 14.0. The molecule has 1 aromatic heterocycles. The van der Waals surface area contributed by atoms with Crippen molar-refractivity contribution in [2.24, 2.45) is 5.92 Å². The van der Waals surface area contributed by atoms with Crippen LogP contribution in [0.2, 0.25) is 0 Å². The summed E-state index contributed by atoms with van der Waals surface area (Å²) in [4.78, 5) is 22.2. The molecule has 2 rings (SSSR count). The van der Waals surface area contributed by atoms with Crippen molar-refractivity contribution >= 4 is 22.8 Å². The van der Waals surface area contributed by atoms with Gasteiger partial charge in [-0.2, -0.15) is 0 Å². The topological polar surface area (TPSA) is 69.4 Å². The van der Waals surface area contributed by atoms with Crippen LogP contribution >= 0.6 is 11.3 Å². The highest BCUT2D eigenvalue weighted by molar-refractivity contribution is 7.16. The van der Waals surface area contributed by atoms with Crippen LogP contribution in [0.5, 0.6) is 5.06 Å². The summed E-state index contributed by atoms with van der Waals surface area (Å²) >= 11 is 1.08. The van der Waals surface area contributed by atoms with Crippen molar-refractivity contribution in [3.8, 4) is 5.06 Å². The second kappa shape index (κ2) is 5.69. The van der Waals surface area contributed by atoms with E-state index in [0.29, 0.717) is 10.8 Å². The van der Waals surface area contributed by atoms with Gasteiger partial charge in [0.2, 0.25) is 0 Å². The smallest absolute Gasteiger partial charge is 0.323 e. The standard InChI is InChI=1S/C13H17NO4S/c1-8-3-5-10(6-4-8)18-13-11(14(16)17)7-12(19-13)9(2)15/h7-8,10H,3-6H2,1-2H3. The Morgan fingerprint density at radius 2 is 2.05 bits per heavy atom. The number of carbonyl (C=O) groups is 1. The third-order valence-corrected chi connectivity index (χ3v) is 4.58. The summed E-state index contributed by atoms with van der Waals surface area (Å²) in [7, 11) is 0. The number of Topliss-reactive ketones (excluding diaryl/α,β-unsaturated/α-hetero) is 1. The van der Waals surface area contributed by atoms with Gasteiger partial charge in [0.15, 0.2) is 5.78 Å². The largest absolute Gasteiger partial charge is 0.476 e. The monoisotopic (exact) mass is 283 g/mol. The van der Waals surface area contributed by atoms with Gasteiger partial charge in [0.05, 0.1) is 15.9 Å². The maximum Gasteiger partial charge on any atom is 0.323 e. The van der Waals surface area contributed by atoms with Crippen molar-refractivity contribution in [3.63, 3.8) is 0 Å². The number of rotatable bonds is 4. The molecule has 1 aliphatic carbocycles. The number of hydrogen-bond acceptors (Lipinski definition) is 5. The van der Waals surface area contributed by atoms with Crippen LogP contribution in [-0.4, -0.2) is 16.8 Å². The zero-order valence-electron chi connectivity index (χ0n) is 11.0. The molecular formula is C13H17NO4S. The van der Waals surface area contributed by atoms with Crippen LogP contribution in [0.15, 0.2) is 6.07 Å². The minimum absolute atomic E-state index is 0.0355. The van der Waals surface area contributed by atoms with E-state index in [2.05, 4.69) is 6.92 Å². The second-order valence-electron chi connectivity index (χ2n) is 5.10. The van der Waals surface area contributed by atoms with Gasteiger partial charge in [-0.3, -0.25) is 14.9 Å². The van der Waals surface area contributed by atoms with E-state index in [0.717, 1.165) is 37.0 Å². The van der Waals surface area contributed by atoms with E-state index in [1.165, 1.54) is 13.0 Å². The predicted molar refractivity (Wildman–Crippen MR) is 73.0 cm³/mol. The Hall–Kier alpha value is -1.43. The van der Waals surface area contributed by atoms with Crippen molar-refractivity contribution < 1.29 is 14.5 Å². The number of hydrogen-bond donors (Lipinski definition) is 0. The van der Waals surface area contributed by atoms with Crippen molar-refractivity contribution in [1.82, 2.24) is 0 Å². The lowest BCUT2D eigenvalue weighted by atomic mass is 9.89. The summed E-state index contributed by atoms with van der Waals surface area (Å²) in [5, 5.41) is 11.2. The van der Waals surface area contributed by atoms with Gasteiger partial charge in [0.1, 0.15) is 0 Å². The first kappa shape index (κ1) is 14.0. The molecule has 1 aromatic rings. The first-order valence-corrected chi connectivity index (χ1v) is 7.25. The molecule has 0 spiro atoms. The quantitative estimate of drug-likeness (QED) is 0.478. The maximum absolute atomic E-state index is 11.3. The third-order valence-electron chi connectivity index (χ3n) is 3.46. The summed E-state index contributed by atoms with van der Waals surface area (Å²) in [6, 6.07) is 1.31. The summed E-state index contributed by atoms with van der Waals surface area (Å²) in [5.74, 6) is 0.533. The fourth-order valence-corrected chi connectivity index (χ4v) is 3.18. The number of nitrogens with zero attached hydrogens (tertiary/aromatic N) is 1. The average molecular weight is 283 g/mol. The molecule has 0 aliphatic heterocycles. The second-order valence-corrected chi connectivity index (χ2v) is 6.11. The highest BCUT2D eigenvalue weighted by atomic mass is 32.1. The van der Waals surface area contributed by atoms with Crippen molar-refractivity contribution in [2.75, 3.05) is 0 Å². The number of ketones is 1. The van der Waals surface area contributed by atoms with Gasteiger partial charge in [-0.15, -0.1) is 0 Å². The van der Waals surface area contributed by atoms with Crippen LogP contribution in [0, 0.1) is 16.0 Å². The SMILES string of the molecule is CC(=O)c1cc([N+](=O)[O-])c(OC2CCC(C)CC2)s1. The van der Waals surface area contributed by atoms with Gasteiger partial charge in [0.25, 0.3) is 5.06 Å². The zero-order valence-corrected chi connectivity index (χ0v) is 11.9. The highest BCUT2D eigenvalue weighted by Crippen LogP contribution is 2.39. The van der Waals surface area contributed by atoms with Gasteiger partial charge >= 0.3 is 5.69 Å². The van der Waals surface area contributed by atoms with Crippen LogP contribution in [0.3, 0.4) is 0 Å². The van der Waals surface area contributed by atoms with Gasteiger partial charge in [-0.25, -0.2) is 0 Å². The lowest BCUT2D eigenvalue weighted by Crippen LogP contribution is -2.22. The van der Waals surface area contributed by atoms with Crippen LogP contribution in [-0.2, 0) is 0 Å². The summed E-state index contributed by atoms with van der Waals surface area (Å²) in [6.45, 7) is 3.61. The Kier molecular flexibility index (Phi) is 4.19. The minimum Gasteiger partial charge on any atom is -0.476 e. The molecule has 0 aromatic carbocycles. The van der Waals surface area contributed by atoms with Crippen LogP contribution < -0.4 is 4.74 Å². The van der Waals surface area contributed by atoms with E-state index < -0.39 is 4.92 Å². The van der Waals surface area contributed by atoms with E-state index in [9.17, 15) is 14.9 Å². The number of ether oxygens (including phenoxy) is 1. The van der Waals surface area contributed by atoms with Crippen molar-refractivity contribution in [1.29, 1.82) is 0 Å². The maximum atomic E-state index is 11.3. The molecule has 0 N–H and O–H groups in total. The lowest BCUT2D eigenvalue weighted by molar-refractivity contribution is -0.385. The average Bonchev–Trinajstić information content (AvgIpc) is 2.76. The van der Waals surface area contributed by atoms with E-state index in [-0.39, 0.29) is 22.6 Å². The molecule has 6 heteroatoms. The molecule has 0 bridgehead atoms. The molecule has 0 unspecified atom stereocenters.